The standard InChI is InChI=1S/C25H39IN2O3SSi/c1-7-32(29,30)28-24-18-20(19-31-33(5,6)25(2,3)4)17-23(27-24)14-13-22(15-16-26)21-11-9-8-10-12-21/h8-12,17-18,22H,7,13-16,19H2,1-6H3,(H,27,28). The molecule has 0 aliphatic rings. The van der Waals surface area contributed by atoms with Crippen LogP contribution < -0.4 is 4.72 Å². The molecule has 8 heteroatoms. The van der Waals surface area contributed by atoms with Crippen LogP contribution in [0.5, 0.6) is 0 Å². The summed E-state index contributed by atoms with van der Waals surface area (Å²) >= 11 is 2.43. The van der Waals surface area contributed by atoms with E-state index in [0.717, 1.165) is 34.9 Å². The van der Waals surface area contributed by atoms with Gasteiger partial charge in [0, 0.05) is 10.1 Å². The Morgan fingerprint density at radius 2 is 1.79 bits per heavy atom. The topological polar surface area (TPSA) is 68.3 Å². The molecule has 2 aromatic rings. The molecular weight excluding hydrogens is 563 g/mol. The number of alkyl halides is 1. The molecule has 2 rings (SSSR count). The maximum Gasteiger partial charge on any atom is 0.233 e. The Bertz CT molecular complexity index is 992. The highest BCUT2D eigenvalue weighted by molar-refractivity contribution is 14.1. The summed E-state index contributed by atoms with van der Waals surface area (Å²) in [4.78, 5) is 4.65. The van der Waals surface area contributed by atoms with Crippen LogP contribution in [-0.4, -0.2) is 31.9 Å². The first-order valence-electron chi connectivity index (χ1n) is 11.6. The first-order valence-corrected chi connectivity index (χ1v) is 17.7. The van der Waals surface area contributed by atoms with Crippen LogP contribution >= 0.6 is 22.6 Å². The van der Waals surface area contributed by atoms with E-state index in [2.05, 4.69) is 96.5 Å². The van der Waals surface area contributed by atoms with Crippen molar-refractivity contribution in [2.24, 2.45) is 0 Å². The summed E-state index contributed by atoms with van der Waals surface area (Å²) in [5.74, 6) is 0.849. The Hall–Kier alpha value is -0.973. The second-order valence-electron chi connectivity index (χ2n) is 10.0. The molecule has 0 saturated carbocycles. The number of aromatic nitrogens is 1. The van der Waals surface area contributed by atoms with Crippen LogP contribution in [0.4, 0.5) is 5.82 Å². The van der Waals surface area contributed by atoms with Crippen molar-refractivity contribution in [2.45, 2.75) is 77.6 Å². The van der Waals surface area contributed by atoms with Crippen LogP contribution in [0, 0.1) is 0 Å². The minimum atomic E-state index is -3.40. The number of nitrogens with one attached hydrogen (secondary N) is 1. The van der Waals surface area contributed by atoms with E-state index in [0.29, 0.717) is 18.3 Å². The third-order valence-electron chi connectivity index (χ3n) is 6.46. The fourth-order valence-electron chi connectivity index (χ4n) is 3.28. The predicted molar refractivity (Wildman–Crippen MR) is 150 cm³/mol. The van der Waals surface area contributed by atoms with Crippen LogP contribution in [-0.2, 0) is 27.5 Å². The maximum atomic E-state index is 12.2. The Labute approximate surface area is 215 Å². The van der Waals surface area contributed by atoms with Crippen molar-refractivity contribution in [1.82, 2.24) is 4.98 Å². The number of benzene rings is 1. The molecular formula is C25H39IN2O3SSi. The SMILES string of the molecule is CCS(=O)(=O)Nc1cc(CO[Si](C)(C)C(C)(C)C)cc(CCC(CCI)c2ccccc2)n1. The zero-order valence-electron chi connectivity index (χ0n) is 20.8. The van der Waals surface area contributed by atoms with E-state index in [1.807, 2.05) is 12.1 Å². The lowest BCUT2D eigenvalue weighted by atomic mass is 9.91. The Kier molecular flexibility index (Phi) is 10.4. The normalized spacial score (nSPS) is 13.7. The molecule has 33 heavy (non-hydrogen) atoms. The molecule has 5 nitrogen and oxygen atoms in total. The molecule has 0 saturated heterocycles. The predicted octanol–water partition coefficient (Wildman–Crippen LogP) is 6.91. The van der Waals surface area contributed by atoms with Gasteiger partial charge in [0.15, 0.2) is 8.32 Å². The van der Waals surface area contributed by atoms with Crippen molar-refractivity contribution in [3.05, 3.63) is 59.3 Å². The number of rotatable bonds is 12. The number of pyridine rings is 1. The average Bonchev–Trinajstić information content (AvgIpc) is 2.75. The quantitative estimate of drug-likeness (QED) is 0.163. The molecule has 184 valence electrons. The van der Waals surface area contributed by atoms with Crippen molar-refractivity contribution in [3.63, 3.8) is 0 Å². The molecule has 0 aliphatic heterocycles. The van der Waals surface area contributed by atoms with Gasteiger partial charge in [-0.15, -0.1) is 0 Å². The molecule has 0 spiro atoms. The van der Waals surface area contributed by atoms with Gasteiger partial charge in [0.1, 0.15) is 5.82 Å². The minimum absolute atomic E-state index is 0.0143. The summed E-state index contributed by atoms with van der Waals surface area (Å²) in [6.07, 6.45) is 2.85. The van der Waals surface area contributed by atoms with Crippen molar-refractivity contribution < 1.29 is 12.8 Å². The number of aryl methyl sites for hydroxylation is 1. The second kappa shape index (κ2) is 12.1. The monoisotopic (exact) mass is 602 g/mol. The Balaban J connectivity index is 2.27. The van der Waals surface area contributed by atoms with Gasteiger partial charge in [-0.3, -0.25) is 4.72 Å². The van der Waals surface area contributed by atoms with Crippen LogP contribution in [0.3, 0.4) is 0 Å². The van der Waals surface area contributed by atoms with Gasteiger partial charge in [0.2, 0.25) is 10.0 Å². The average molecular weight is 603 g/mol. The number of halogens is 1. The highest BCUT2D eigenvalue weighted by Crippen LogP contribution is 2.37. The second-order valence-corrected chi connectivity index (χ2v) is 17.9. The molecule has 1 atom stereocenters. The van der Waals surface area contributed by atoms with Gasteiger partial charge in [-0.2, -0.15) is 0 Å². The van der Waals surface area contributed by atoms with Gasteiger partial charge in [-0.05, 0) is 73.5 Å². The number of hydrogen-bond donors (Lipinski definition) is 1. The summed E-state index contributed by atoms with van der Waals surface area (Å²) in [6, 6.07) is 14.5. The maximum absolute atomic E-state index is 12.2. The molecule has 1 heterocycles. The van der Waals surface area contributed by atoms with Crippen molar-refractivity contribution in [3.8, 4) is 0 Å². The van der Waals surface area contributed by atoms with Crippen molar-refractivity contribution in [2.75, 3.05) is 14.9 Å². The lowest BCUT2D eigenvalue weighted by Crippen LogP contribution is -2.40. The highest BCUT2D eigenvalue weighted by Gasteiger charge is 2.37. The molecule has 0 bridgehead atoms. The molecule has 0 fully saturated rings. The molecule has 0 amide bonds. The highest BCUT2D eigenvalue weighted by atomic mass is 127. The fourth-order valence-corrected chi connectivity index (χ4v) is 5.56. The summed E-state index contributed by atoms with van der Waals surface area (Å²) in [6.45, 7) is 13.2. The van der Waals surface area contributed by atoms with E-state index < -0.39 is 18.3 Å². The number of nitrogens with zero attached hydrogens (tertiary/aromatic N) is 1. The summed E-state index contributed by atoms with van der Waals surface area (Å²) in [5, 5.41) is 0.109. The van der Waals surface area contributed by atoms with Crippen LogP contribution in [0.2, 0.25) is 18.1 Å². The molecule has 0 aliphatic carbocycles. The third-order valence-corrected chi connectivity index (χ3v) is 12.8. The smallest absolute Gasteiger partial charge is 0.233 e. The zero-order chi connectivity index (χ0) is 24.7. The van der Waals surface area contributed by atoms with Gasteiger partial charge in [-0.25, -0.2) is 13.4 Å². The van der Waals surface area contributed by atoms with Crippen molar-refractivity contribution in [1.29, 1.82) is 0 Å². The lowest BCUT2D eigenvalue weighted by molar-refractivity contribution is 0.276. The molecule has 1 aromatic carbocycles. The zero-order valence-corrected chi connectivity index (χ0v) is 24.8. The lowest BCUT2D eigenvalue weighted by Gasteiger charge is -2.36. The van der Waals surface area contributed by atoms with Gasteiger partial charge in [-0.1, -0.05) is 73.7 Å². The molecule has 1 unspecified atom stereocenters. The van der Waals surface area contributed by atoms with Gasteiger partial charge in [0.05, 0.1) is 12.4 Å². The van der Waals surface area contributed by atoms with E-state index in [-0.39, 0.29) is 10.8 Å². The first-order chi connectivity index (χ1) is 15.4. The third kappa shape index (κ3) is 8.96. The number of sulfonamides is 1. The van der Waals surface area contributed by atoms with E-state index in [4.69, 9.17) is 4.43 Å². The Morgan fingerprint density at radius 3 is 2.36 bits per heavy atom. The minimum Gasteiger partial charge on any atom is -0.413 e. The summed E-state index contributed by atoms with van der Waals surface area (Å²) in [5.41, 5.74) is 3.21. The first kappa shape index (κ1) is 28.3. The summed E-state index contributed by atoms with van der Waals surface area (Å²) in [7, 11) is -5.33. The van der Waals surface area contributed by atoms with E-state index in [1.54, 1.807) is 6.92 Å². The van der Waals surface area contributed by atoms with Gasteiger partial charge < -0.3 is 4.43 Å². The van der Waals surface area contributed by atoms with Crippen LogP contribution in [0.15, 0.2) is 42.5 Å². The molecule has 0 radical (unpaired) electrons. The van der Waals surface area contributed by atoms with Crippen LogP contribution in [0.1, 0.15) is 63.3 Å². The number of hydrogen-bond acceptors (Lipinski definition) is 4. The largest absolute Gasteiger partial charge is 0.413 e. The van der Waals surface area contributed by atoms with E-state index in [1.165, 1.54) is 5.56 Å². The molecule has 1 N–H and O–H groups in total. The van der Waals surface area contributed by atoms with Gasteiger partial charge in [0.25, 0.3) is 0 Å². The Morgan fingerprint density at radius 1 is 1.12 bits per heavy atom. The van der Waals surface area contributed by atoms with Crippen LogP contribution in [0.25, 0.3) is 0 Å². The fraction of sp³-hybridized carbons (Fsp3) is 0.560. The van der Waals surface area contributed by atoms with E-state index in [9.17, 15) is 8.42 Å². The van der Waals surface area contributed by atoms with Crippen molar-refractivity contribution >= 4 is 46.7 Å². The summed E-state index contributed by atoms with van der Waals surface area (Å²) < 4.78 is 34.5. The molecule has 1 aromatic heterocycles. The van der Waals surface area contributed by atoms with E-state index >= 15 is 0 Å². The number of anilines is 1. The van der Waals surface area contributed by atoms with Gasteiger partial charge >= 0.3 is 0 Å².